The van der Waals surface area contributed by atoms with Crippen molar-refractivity contribution in [2.45, 2.75) is 75.9 Å². The largest absolute Gasteiger partial charge is 0.352 e. The molecule has 4 aromatic rings. The smallest absolute Gasteiger partial charge is 0.264 e. The molecule has 7 nitrogen and oxygen atoms in total. The molecule has 252 valence electrons. The Morgan fingerprint density at radius 3 is 2.23 bits per heavy atom. The third-order valence-electron chi connectivity index (χ3n) is 8.85. The summed E-state index contributed by atoms with van der Waals surface area (Å²) < 4.78 is 44.7. The van der Waals surface area contributed by atoms with Crippen LogP contribution in [0.4, 0.5) is 10.1 Å². The van der Waals surface area contributed by atoms with Crippen LogP contribution in [0.15, 0.2) is 102 Å². The van der Waals surface area contributed by atoms with Crippen molar-refractivity contribution in [2.24, 2.45) is 0 Å². The first-order chi connectivity index (χ1) is 23.0. The predicted octanol–water partition coefficient (Wildman–Crippen LogP) is 7.38. The lowest BCUT2D eigenvalue weighted by Crippen LogP contribution is -2.55. The first-order valence-corrected chi connectivity index (χ1v) is 18.1. The summed E-state index contributed by atoms with van der Waals surface area (Å²) in [6.07, 6.45) is 4.92. The van der Waals surface area contributed by atoms with E-state index in [0.29, 0.717) is 5.02 Å². The second-order valence-corrected chi connectivity index (χ2v) is 14.7. The second-order valence-electron chi connectivity index (χ2n) is 12.4. The highest BCUT2D eigenvalue weighted by Crippen LogP contribution is 2.29. The predicted molar refractivity (Wildman–Crippen MR) is 188 cm³/mol. The van der Waals surface area contributed by atoms with Crippen LogP contribution in [-0.2, 0) is 32.6 Å². The highest BCUT2D eigenvalue weighted by molar-refractivity contribution is 7.92. The van der Waals surface area contributed by atoms with Crippen LogP contribution in [0.1, 0.15) is 54.4 Å². The van der Waals surface area contributed by atoms with Crippen LogP contribution in [0.5, 0.6) is 0 Å². The molecule has 48 heavy (non-hydrogen) atoms. The molecule has 10 heteroatoms. The van der Waals surface area contributed by atoms with E-state index in [0.717, 1.165) is 53.1 Å². The van der Waals surface area contributed by atoms with Gasteiger partial charge in [-0.3, -0.25) is 13.9 Å². The molecule has 0 bridgehead atoms. The Morgan fingerprint density at radius 2 is 1.56 bits per heavy atom. The van der Waals surface area contributed by atoms with E-state index in [1.165, 1.54) is 29.2 Å². The van der Waals surface area contributed by atoms with Crippen LogP contribution in [0.3, 0.4) is 0 Å². The molecular weight excluding hydrogens is 649 g/mol. The molecule has 1 N–H and O–H groups in total. The Hall–Kier alpha value is -4.21. The summed E-state index contributed by atoms with van der Waals surface area (Å²) in [7, 11) is -4.29. The fourth-order valence-electron chi connectivity index (χ4n) is 6.01. The summed E-state index contributed by atoms with van der Waals surface area (Å²) in [6.45, 7) is 2.76. The number of carbonyl (C=O) groups excluding carboxylic acids is 2. The number of sulfonamides is 1. The molecule has 2 amide bonds. The molecule has 0 spiro atoms. The Morgan fingerprint density at radius 1 is 0.896 bits per heavy atom. The van der Waals surface area contributed by atoms with Gasteiger partial charge in [0.15, 0.2) is 0 Å². The van der Waals surface area contributed by atoms with Gasteiger partial charge in [-0.15, -0.1) is 0 Å². The average Bonchev–Trinajstić information content (AvgIpc) is 3.08. The Balaban J connectivity index is 1.58. The SMILES string of the molecule is Cc1ccc(S(=O)(=O)N(CC(=O)N(Cc2ccccc2F)[C@H](Cc2ccccc2)C(=O)NC2CCCCC2)c2ccc(C)c(Cl)c2)cc1. The summed E-state index contributed by atoms with van der Waals surface area (Å²) in [5, 5.41) is 3.49. The van der Waals surface area contributed by atoms with E-state index in [4.69, 9.17) is 11.6 Å². The van der Waals surface area contributed by atoms with Crippen LogP contribution in [0.25, 0.3) is 0 Å². The van der Waals surface area contributed by atoms with Gasteiger partial charge in [-0.2, -0.15) is 0 Å². The number of hydrogen-bond donors (Lipinski definition) is 1. The van der Waals surface area contributed by atoms with Crippen LogP contribution in [0, 0.1) is 19.7 Å². The third kappa shape index (κ3) is 8.62. The molecule has 1 aliphatic carbocycles. The van der Waals surface area contributed by atoms with Gasteiger partial charge in [-0.1, -0.05) is 103 Å². The van der Waals surface area contributed by atoms with Crippen molar-refractivity contribution in [3.05, 3.63) is 130 Å². The van der Waals surface area contributed by atoms with Crippen LogP contribution < -0.4 is 9.62 Å². The second kappa shape index (κ2) is 15.8. The molecule has 1 aliphatic rings. The molecular formula is C38H41ClFN3O4S. The minimum atomic E-state index is -4.29. The maximum Gasteiger partial charge on any atom is 0.264 e. The molecule has 0 heterocycles. The zero-order valence-electron chi connectivity index (χ0n) is 27.2. The Bertz CT molecular complexity index is 1830. The topological polar surface area (TPSA) is 86.8 Å². The standard InChI is InChI=1S/C38H41ClFN3O4S/c1-27-17-21-33(22-18-27)48(46,47)43(32-20-19-28(2)34(39)24-32)26-37(44)42(25-30-13-9-10-16-35(30)40)36(23-29-11-5-3-6-12-29)38(45)41-31-14-7-4-8-15-31/h3,5-6,9-13,16-22,24,31,36H,4,7-8,14-15,23,25-26H2,1-2H3,(H,41,45)/t36-/m1/s1. The minimum Gasteiger partial charge on any atom is -0.352 e. The Labute approximate surface area is 287 Å². The highest BCUT2D eigenvalue weighted by Gasteiger charge is 2.36. The molecule has 1 atom stereocenters. The van der Waals surface area contributed by atoms with E-state index >= 15 is 4.39 Å². The number of nitrogens with zero attached hydrogens (tertiary/aromatic N) is 2. The lowest BCUT2D eigenvalue weighted by molar-refractivity contribution is -0.140. The van der Waals surface area contributed by atoms with Crippen molar-refractivity contribution < 1.29 is 22.4 Å². The monoisotopic (exact) mass is 689 g/mol. The van der Waals surface area contributed by atoms with E-state index in [1.807, 2.05) is 37.3 Å². The van der Waals surface area contributed by atoms with Gasteiger partial charge >= 0.3 is 0 Å². The number of amides is 2. The number of anilines is 1. The highest BCUT2D eigenvalue weighted by atomic mass is 35.5. The average molecular weight is 690 g/mol. The number of rotatable bonds is 12. The van der Waals surface area contributed by atoms with Gasteiger partial charge in [0.2, 0.25) is 11.8 Å². The zero-order valence-corrected chi connectivity index (χ0v) is 28.8. The van der Waals surface area contributed by atoms with Gasteiger partial charge in [0.25, 0.3) is 10.0 Å². The lowest BCUT2D eigenvalue weighted by atomic mass is 9.94. The number of carbonyl (C=O) groups is 2. The maximum atomic E-state index is 15.2. The summed E-state index contributed by atoms with van der Waals surface area (Å²) in [6, 6.07) is 25.5. The van der Waals surface area contributed by atoms with Crippen molar-refractivity contribution in [1.29, 1.82) is 0 Å². The fourth-order valence-corrected chi connectivity index (χ4v) is 7.59. The van der Waals surface area contributed by atoms with Crippen molar-refractivity contribution in [1.82, 2.24) is 10.2 Å². The molecule has 0 aliphatic heterocycles. The molecule has 1 saturated carbocycles. The van der Waals surface area contributed by atoms with Crippen LogP contribution in [-0.4, -0.2) is 43.8 Å². The molecule has 0 aromatic heterocycles. The number of nitrogens with one attached hydrogen (secondary N) is 1. The van der Waals surface area contributed by atoms with Gasteiger partial charge in [0, 0.05) is 29.6 Å². The fraction of sp³-hybridized carbons (Fsp3) is 0.316. The first-order valence-electron chi connectivity index (χ1n) is 16.3. The van der Waals surface area contributed by atoms with E-state index in [-0.39, 0.29) is 41.1 Å². The van der Waals surface area contributed by atoms with Crippen LogP contribution in [0.2, 0.25) is 5.02 Å². The minimum absolute atomic E-state index is 0.00544. The Kier molecular flexibility index (Phi) is 11.5. The summed E-state index contributed by atoms with van der Waals surface area (Å²) in [4.78, 5) is 30.1. The molecule has 0 saturated heterocycles. The maximum absolute atomic E-state index is 15.2. The van der Waals surface area contributed by atoms with Crippen molar-refractivity contribution in [2.75, 3.05) is 10.8 Å². The molecule has 5 rings (SSSR count). The molecule has 4 aromatic carbocycles. The summed E-state index contributed by atoms with van der Waals surface area (Å²) in [5.74, 6) is -1.55. The summed E-state index contributed by atoms with van der Waals surface area (Å²) in [5.41, 5.74) is 2.82. The summed E-state index contributed by atoms with van der Waals surface area (Å²) >= 11 is 6.46. The molecule has 0 radical (unpaired) electrons. The normalized spacial score (nSPS) is 14.2. The van der Waals surface area contributed by atoms with E-state index < -0.39 is 34.3 Å². The molecule has 0 unspecified atom stereocenters. The van der Waals surface area contributed by atoms with Gasteiger partial charge in [0.1, 0.15) is 18.4 Å². The first kappa shape index (κ1) is 35.1. The molecule has 1 fully saturated rings. The van der Waals surface area contributed by atoms with Crippen LogP contribution >= 0.6 is 11.6 Å². The number of halogens is 2. The van der Waals surface area contributed by atoms with Crippen molar-refractivity contribution in [3.63, 3.8) is 0 Å². The van der Waals surface area contributed by atoms with Gasteiger partial charge in [-0.05, 0) is 68.1 Å². The lowest BCUT2D eigenvalue weighted by Gasteiger charge is -2.35. The van der Waals surface area contributed by atoms with E-state index in [9.17, 15) is 18.0 Å². The zero-order chi connectivity index (χ0) is 34.3. The van der Waals surface area contributed by atoms with E-state index in [2.05, 4.69) is 5.32 Å². The van der Waals surface area contributed by atoms with Gasteiger partial charge in [-0.25, -0.2) is 12.8 Å². The number of benzene rings is 4. The van der Waals surface area contributed by atoms with Crippen molar-refractivity contribution in [3.8, 4) is 0 Å². The van der Waals surface area contributed by atoms with Crippen molar-refractivity contribution >= 4 is 39.1 Å². The number of hydrogen-bond acceptors (Lipinski definition) is 4. The van der Waals surface area contributed by atoms with Gasteiger partial charge < -0.3 is 10.2 Å². The quantitative estimate of drug-likeness (QED) is 0.168. The third-order valence-corrected chi connectivity index (χ3v) is 11.0. The number of aryl methyl sites for hydroxylation is 2. The van der Waals surface area contributed by atoms with E-state index in [1.54, 1.807) is 49.4 Å². The van der Waals surface area contributed by atoms with Gasteiger partial charge in [0.05, 0.1) is 10.6 Å².